The number of phosphoric ester groups is 1. The standard InChI is InChI=1S/C56H99O11P/c1-4-7-10-13-16-19-22-24-26-28-31-33-36-39-42-45-54(58)63-49-53(67-56(60)47-44-41-38-35-32-29-27-25-23-20-17-14-11-8-5-2)51-65-68(61,62)64-50-52(48-57)66-55(59)46-43-40-37-34-30-21-18-15-12-9-6-3/h8,11,17,20,24-27,32,35,52-53,57H,4-7,9-10,12-16,18-19,21-23,28-31,33-34,36-51H2,1-3H3,(H,61,62)/b11-8-,20-17-,26-24-,27-25-,35-32-. The number of unbranched alkanes of at least 4 members (excludes halogenated alkanes) is 23. The smallest absolute Gasteiger partial charge is 0.462 e. The van der Waals surface area contributed by atoms with Crippen molar-refractivity contribution in [3.63, 3.8) is 0 Å². The Hall–Kier alpha value is -2.82. The van der Waals surface area contributed by atoms with Crippen molar-refractivity contribution in [3.05, 3.63) is 60.8 Å². The predicted octanol–water partition coefficient (Wildman–Crippen LogP) is 15.6. The van der Waals surface area contributed by atoms with E-state index < -0.39 is 57.8 Å². The van der Waals surface area contributed by atoms with Crippen LogP contribution in [-0.2, 0) is 42.2 Å². The van der Waals surface area contributed by atoms with E-state index in [0.717, 1.165) is 96.3 Å². The number of aliphatic hydroxyl groups is 1. The first-order chi connectivity index (χ1) is 33.2. The lowest BCUT2D eigenvalue weighted by Crippen LogP contribution is -2.30. The monoisotopic (exact) mass is 979 g/mol. The Balaban J connectivity index is 4.81. The van der Waals surface area contributed by atoms with E-state index >= 15 is 0 Å². The Kier molecular flexibility index (Phi) is 48.5. The molecule has 0 aliphatic rings. The molecule has 0 amide bonds. The number of phosphoric acid groups is 1. The fourth-order valence-electron chi connectivity index (χ4n) is 7.28. The van der Waals surface area contributed by atoms with Gasteiger partial charge in [-0.15, -0.1) is 0 Å². The molecule has 68 heavy (non-hydrogen) atoms. The molecule has 0 saturated heterocycles. The van der Waals surface area contributed by atoms with Crippen LogP contribution in [0, 0.1) is 0 Å². The lowest BCUT2D eigenvalue weighted by molar-refractivity contribution is -0.161. The molecule has 0 aromatic heterocycles. The molecular formula is C56H99O11P. The van der Waals surface area contributed by atoms with E-state index in [-0.39, 0.29) is 25.9 Å². The summed E-state index contributed by atoms with van der Waals surface area (Å²) in [6.45, 7) is 4.46. The van der Waals surface area contributed by atoms with E-state index in [4.69, 9.17) is 23.3 Å². The Morgan fingerprint density at radius 1 is 0.426 bits per heavy atom. The molecule has 0 bridgehead atoms. The van der Waals surface area contributed by atoms with Gasteiger partial charge in [-0.1, -0.05) is 197 Å². The number of hydrogen-bond donors (Lipinski definition) is 2. The van der Waals surface area contributed by atoms with Gasteiger partial charge < -0.3 is 24.2 Å². The molecule has 3 atom stereocenters. The third-order valence-electron chi connectivity index (χ3n) is 11.4. The Morgan fingerprint density at radius 2 is 0.765 bits per heavy atom. The van der Waals surface area contributed by atoms with Gasteiger partial charge in [0.2, 0.25) is 0 Å². The zero-order valence-electron chi connectivity index (χ0n) is 43.3. The normalized spacial score (nSPS) is 13.9. The number of carbonyl (C=O) groups excluding carboxylic acids is 3. The zero-order valence-corrected chi connectivity index (χ0v) is 44.2. The number of carbonyl (C=O) groups is 3. The second-order valence-corrected chi connectivity index (χ2v) is 19.5. The van der Waals surface area contributed by atoms with E-state index in [9.17, 15) is 28.9 Å². The third-order valence-corrected chi connectivity index (χ3v) is 12.4. The molecule has 12 heteroatoms. The Bertz CT molecular complexity index is 1370. The number of ether oxygens (including phenoxy) is 3. The zero-order chi connectivity index (χ0) is 49.9. The maximum Gasteiger partial charge on any atom is 0.472 e. The molecule has 0 aliphatic heterocycles. The summed E-state index contributed by atoms with van der Waals surface area (Å²) in [5.74, 6) is -1.52. The highest BCUT2D eigenvalue weighted by Gasteiger charge is 2.28. The largest absolute Gasteiger partial charge is 0.472 e. The maximum absolute atomic E-state index is 12.9. The third kappa shape index (κ3) is 48.2. The molecule has 0 aromatic carbocycles. The first-order valence-electron chi connectivity index (χ1n) is 27.2. The van der Waals surface area contributed by atoms with Crippen molar-refractivity contribution < 1.29 is 52.2 Å². The summed E-state index contributed by atoms with van der Waals surface area (Å²) in [6.07, 6.45) is 53.3. The van der Waals surface area contributed by atoms with Crippen LogP contribution in [0.1, 0.15) is 239 Å². The van der Waals surface area contributed by atoms with Crippen molar-refractivity contribution >= 4 is 25.7 Å². The molecule has 0 radical (unpaired) electrons. The minimum atomic E-state index is -4.75. The van der Waals surface area contributed by atoms with E-state index in [2.05, 4.69) is 81.5 Å². The second kappa shape index (κ2) is 50.6. The number of allylic oxidation sites excluding steroid dienone is 10. The summed E-state index contributed by atoms with van der Waals surface area (Å²) in [4.78, 5) is 48.3. The summed E-state index contributed by atoms with van der Waals surface area (Å²) in [6, 6.07) is 0. The van der Waals surface area contributed by atoms with Crippen molar-refractivity contribution in [1.29, 1.82) is 0 Å². The van der Waals surface area contributed by atoms with Gasteiger partial charge in [-0.05, 0) is 83.5 Å². The minimum absolute atomic E-state index is 0.114. The summed E-state index contributed by atoms with van der Waals surface area (Å²) < 4.78 is 39.3. The highest BCUT2D eigenvalue weighted by molar-refractivity contribution is 7.47. The lowest BCUT2D eigenvalue weighted by atomic mass is 10.1. The van der Waals surface area contributed by atoms with Crippen molar-refractivity contribution in [1.82, 2.24) is 0 Å². The Labute approximate surface area is 415 Å². The van der Waals surface area contributed by atoms with Crippen LogP contribution in [0.3, 0.4) is 0 Å². The van der Waals surface area contributed by atoms with Crippen LogP contribution in [0.15, 0.2) is 60.8 Å². The fraction of sp³-hybridized carbons (Fsp3) is 0.768. The van der Waals surface area contributed by atoms with Crippen LogP contribution in [0.4, 0.5) is 0 Å². The molecular weight excluding hydrogens is 880 g/mol. The first kappa shape index (κ1) is 65.2. The molecule has 11 nitrogen and oxygen atoms in total. The van der Waals surface area contributed by atoms with Crippen LogP contribution < -0.4 is 0 Å². The maximum atomic E-state index is 12.9. The number of aliphatic hydroxyl groups excluding tert-OH is 1. The van der Waals surface area contributed by atoms with Crippen molar-refractivity contribution in [2.24, 2.45) is 0 Å². The van der Waals surface area contributed by atoms with Crippen molar-refractivity contribution in [3.8, 4) is 0 Å². The first-order valence-corrected chi connectivity index (χ1v) is 28.7. The van der Waals surface area contributed by atoms with Crippen molar-refractivity contribution in [2.75, 3.05) is 26.4 Å². The van der Waals surface area contributed by atoms with Crippen LogP contribution in [-0.4, -0.2) is 66.5 Å². The average Bonchev–Trinajstić information content (AvgIpc) is 3.32. The van der Waals surface area contributed by atoms with Gasteiger partial charge in [0.1, 0.15) is 12.7 Å². The lowest BCUT2D eigenvalue weighted by Gasteiger charge is -2.21. The highest BCUT2D eigenvalue weighted by Crippen LogP contribution is 2.43. The molecule has 0 aromatic rings. The van der Waals surface area contributed by atoms with Gasteiger partial charge in [0.05, 0.1) is 19.8 Å². The summed E-state index contributed by atoms with van der Waals surface area (Å²) in [5, 5.41) is 9.77. The summed E-state index contributed by atoms with van der Waals surface area (Å²) in [5.41, 5.74) is 0. The van der Waals surface area contributed by atoms with Crippen LogP contribution >= 0.6 is 7.82 Å². The minimum Gasteiger partial charge on any atom is -0.462 e. The van der Waals surface area contributed by atoms with Gasteiger partial charge in [-0.25, -0.2) is 4.57 Å². The molecule has 0 saturated carbocycles. The fourth-order valence-corrected chi connectivity index (χ4v) is 8.07. The molecule has 3 unspecified atom stereocenters. The molecule has 394 valence electrons. The molecule has 0 spiro atoms. The Morgan fingerprint density at radius 3 is 1.22 bits per heavy atom. The van der Waals surface area contributed by atoms with Crippen LogP contribution in [0.2, 0.25) is 0 Å². The molecule has 0 heterocycles. The van der Waals surface area contributed by atoms with E-state index in [0.29, 0.717) is 19.3 Å². The summed E-state index contributed by atoms with van der Waals surface area (Å²) >= 11 is 0. The van der Waals surface area contributed by atoms with Gasteiger partial charge in [0.25, 0.3) is 0 Å². The van der Waals surface area contributed by atoms with Crippen LogP contribution in [0.25, 0.3) is 0 Å². The number of rotatable bonds is 50. The van der Waals surface area contributed by atoms with Gasteiger partial charge in [0.15, 0.2) is 6.10 Å². The van der Waals surface area contributed by atoms with Gasteiger partial charge in [-0.2, -0.15) is 0 Å². The molecule has 0 aliphatic carbocycles. The topological polar surface area (TPSA) is 155 Å². The summed E-state index contributed by atoms with van der Waals surface area (Å²) in [7, 11) is -4.75. The highest BCUT2D eigenvalue weighted by atomic mass is 31.2. The molecule has 0 fully saturated rings. The van der Waals surface area contributed by atoms with Crippen molar-refractivity contribution in [2.45, 2.75) is 251 Å². The number of hydrogen-bond acceptors (Lipinski definition) is 10. The second-order valence-electron chi connectivity index (χ2n) is 18.0. The SMILES string of the molecule is CC/C=C\C/C=C\C/C=C\C/C=C\CCCCC(=O)OC(COC(=O)CCCCCCC/C=C\CCCCCCCC)COP(=O)(O)OCC(CO)OC(=O)CCCCCCCCCCCCC. The number of esters is 3. The predicted molar refractivity (Wildman–Crippen MR) is 279 cm³/mol. The molecule has 0 rings (SSSR count). The van der Waals surface area contributed by atoms with Gasteiger partial charge in [0, 0.05) is 19.3 Å². The van der Waals surface area contributed by atoms with E-state index in [1.807, 2.05) is 0 Å². The van der Waals surface area contributed by atoms with Gasteiger partial charge in [-0.3, -0.25) is 23.4 Å². The average molecular weight is 979 g/mol. The molecule has 2 N–H and O–H groups in total. The van der Waals surface area contributed by atoms with Gasteiger partial charge >= 0.3 is 25.7 Å². The van der Waals surface area contributed by atoms with E-state index in [1.165, 1.54) is 83.5 Å². The van der Waals surface area contributed by atoms with Crippen LogP contribution in [0.5, 0.6) is 0 Å². The quantitative estimate of drug-likeness (QED) is 0.0197. The van der Waals surface area contributed by atoms with E-state index in [1.54, 1.807) is 0 Å².